The van der Waals surface area contributed by atoms with Crippen molar-refractivity contribution in [1.29, 1.82) is 0 Å². The van der Waals surface area contributed by atoms with Crippen molar-refractivity contribution in [3.63, 3.8) is 0 Å². The average molecular weight is 415 g/mol. The van der Waals surface area contributed by atoms with E-state index in [9.17, 15) is 38.2 Å². The molecule has 0 radical (unpaired) electrons. The Hall–Kier alpha value is -3.90. The maximum Gasteiger partial charge on any atom is 0.573 e. The average Bonchev–Trinajstić information content (AvgIpc) is 2.64. The molecule has 0 atom stereocenters. The van der Waals surface area contributed by atoms with Crippen molar-refractivity contribution in [2.24, 2.45) is 0 Å². The molecule has 0 saturated heterocycles. The van der Waals surface area contributed by atoms with E-state index in [1.165, 1.54) is 12.1 Å². The molecule has 154 valence electrons. The fourth-order valence-electron chi connectivity index (χ4n) is 2.11. The zero-order chi connectivity index (χ0) is 21.6. The summed E-state index contributed by atoms with van der Waals surface area (Å²) in [4.78, 5) is 32.0. The van der Waals surface area contributed by atoms with E-state index < -0.39 is 39.2 Å². The smallest absolute Gasteiger partial charge is 0.492 e. The third kappa shape index (κ3) is 6.64. The fraction of sp³-hybridized carbons (Fsp3) is 0.188. The van der Waals surface area contributed by atoms with Crippen LogP contribution in [0.4, 0.5) is 24.5 Å². The molecule has 0 aliphatic heterocycles. The number of nitrogens with one attached hydrogen (secondary N) is 1. The van der Waals surface area contributed by atoms with Crippen LogP contribution in [0.5, 0.6) is 11.5 Å². The maximum absolute atomic E-state index is 12.1. The summed E-state index contributed by atoms with van der Waals surface area (Å²) in [6.45, 7) is -0.154. The molecular weight excluding hydrogens is 403 g/mol. The number of carbonyl (C=O) groups excluding carboxylic acids is 1. The van der Waals surface area contributed by atoms with Gasteiger partial charge in [-0.15, -0.1) is 13.2 Å². The predicted octanol–water partition coefficient (Wildman–Crippen LogP) is 3.21. The summed E-state index contributed by atoms with van der Waals surface area (Å²) in [6, 6.07) is 7.06. The van der Waals surface area contributed by atoms with E-state index in [1.807, 2.05) is 0 Å². The Morgan fingerprint density at radius 2 is 1.48 bits per heavy atom. The first-order valence-electron chi connectivity index (χ1n) is 7.76. The van der Waals surface area contributed by atoms with Gasteiger partial charge in [0.25, 0.3) is 17.3 Å². The summed E-state index contributed by atoms with van der Waals surface area (Å²) in [7, 11) is 0. The van der Waals surface area contributed by atoms with Crippen LogP contribution in [0.25, 0.3) is 0 Å². The molecule has 0 aliphatic carbocycles. The lowest BCUT2D eigenvalue weighted by Crippen LogP contribution is -2.28. The topological polar surface area (TPSA) is 134 Å². The van der Waals surface area contributed by atoms with Crippen LogP contribution in [0.2, 0.25) is 0 Å². The largest absolute Gasteiger partial charge is 0.573 e. The highest BCUT2D eigenvalue weighted by atomic mass is 19.4. The molecule has 0 spiro atoms. The maximum atomic E-state index is 12.1. The van der Waals surface area contributed by atoms with Crippen molar-refractivity contribution in [3.05, 3.63) is 68.3 Å². The van der Waals surface area contributed by atoms with Gasteiger partial charge in [0.2, 0.25) is 0 Å². The Bertz CT molecular complexity index is 885. The second kappa shape index (κ2) is 8.86. The van der Waals surface area contributed by atoms with Gasteiger partial charge in [0, 0.05) is 12.1 Å². The molecule has 13 heteroatoms. The van der Waals surface area contributed by atoms with Crippen LogP contribution >= 0.6 is 0 Å². The Balaban J connectivity index is 1.90. The van der Waals surface area contributed by atoms with E-state index in [1.54, 1.807) is 0 Å². The Morgan fingerprint density at radius 3 is 1.97 bits per heavy atom. The molecule has 10 nitrogen and oxygen atoms in total. The first-order chi connectivity index (χ1) is 13.5. The number of nitrogens with zero attached hydrogens (tertiary/aromatic N) is 2. The van der Waals surface area contributed by atoms with Crippen LogP contribution in [0.1, 0.15) is 10.4 Å². The Morgan fingerprint density at radius 1 is 0.966 bits per heavy atom. The minimum absolute atomic E-state index is 0.0733. The van der Waals surface area contributed by atoms with E-state index in [4.69, 9.17) is 4.74 Å². The summed E-state index contributed by atoms with van der Waals surface area (Å²) < 4.78 is 45.2. The quantitative estimate of drug-likeness (QED) is 0.397. The number of hydrogen-bond acceptors (Lipinski definition) is 7. The molecule has 29 heavy (non-hydrogen) atoms. The minimum atomic E-state index is -4.81. The van der Waals surface area contributed by atoms with E-state index in [2.05, 4.69) is 10.1 Å². The fourth-order valence-corrected chi connectivity index (χ4v) is 2.11. The summed E-state index contributed by atoms with van der Waals surface area (Å²) in [5.41, 5.74) is -1.50. The number of alkyl halides is 3. The third-order valence-corrected chi connectivity index (χ3v) is 3.30. The molecule has 0 bridgehead atoms. The monoisotopic (exact) mass is 415 g/mol. The summed E-state index contributed by atoms with van der Waals surface area (Å²) >= 11 is 0. The second-order valence-electron chi connectivity index (χ2n) is 5.38. The lowest BCUT2D eigenvalue weighted by molar-refractivity contribution is -0.394. The van der Waals surface area contributed by atoms with Gasteiger partial charge in [-0.1, -0.05) is 0 Å². The van der Waals surface area contributed by atoms with E-state index >= 15 is 0 Å². The van der Waals surface area contributed by atoms with Gasteiger partial charge in [-0.05, 0) is 24.3 Å². The molecule has 0 aliphatic rings. The lowest BCUT2D eigenvalue weighted by atomic mass is 10.1. The van der Waals surface area contributed by atoms with Crippen LogP contribution in [0.15, 0.2) is 42.5 Å². The molecule has 0 fully saturated rings. The standard InChI is InChI=1S/C16H12F3N3O7/c17-16(18,19)29-14-3-1-13(2-4-14)28-6-5-20-15(23)10-7-11(21(24)25)9-12(8-10)22(26)27/h1-4,7-9H,5-6H2,(H,20,23). The first-order valence-corrected chi connectivity index (χ1v) is 7.76. The number of ether oxygens (including phenoxy) is 2. The minimum Gasteiger partial charge on any atom is -0.492 e. The molecule has 0 heterocycles. The molecule has 2 aromatic carbocycles. The molecule has 1 amide bonds. The van der Waals surface area contributed by atoms with Crippen molar-refractivity contribution in [2.45, 2.75) is 6.36 Å². The van der Waals surface area contributed by atoms with Gasteiger partial charge in [-0.25, -0.2) is 0 Å². The highest BCUT2D eigenvalue weighted by Crippen LogP contribution is 2.25. The molecule has 1 N–H and O–H groups in total. The number of non-ortho nitro benzene ring substituents is 2. The van der Waals surface area contributed by atoms with Crippen LogP contribution < -0.4 is 14.8 Å². The van der Waals surface area contributed by atoms with Crippen LogP contribution in [-0.2, 0) is 0 Å². The van der Waals surface area contributed by atoms with Crippen LogP contribution in [-0.4, -0.2) is 35.3 Å². The van der Waals surface area contributed by atoms with Gasteiger partial charge in [0.1, 0.15) is 18.1 Å². The van der Waals surface area contributed by atoms with E-state index in [0.29, 0.717) is 0 Å². The first kappa shape index (κ1) is 21.4. The summed E-state index contributed by atoms with van der Waals surface area (Å²) in [5, 5.41) is 24.0. The molecule has 0 unspecified atom stereocenters. The molecular formula is C16H12F3N3O7. The highest BCUT2D eigenvalue weighted by Gasteiger charge is 2.31. The Labute approximate surface area is 160 Å². The number of hydrogen-bond donors (Lipinski definition) is 1. The van der Waals surface area contributed by atoms with Gasteiger partial charge < -0.3 is 14.8 Å². The Kier molecular flexibility index (Phi) is 6.54. The normalized spacial score (nSPS) is 10.9. The van der Waals surface area contributed by atoms with Gasteiger partial charge in [-0.3, -0.25) is 25.0 Å². The van der Waals surface area contributed by atoms with Gasteiger partial charge in [0.05, 0.1) is 28.0 Å². The molecule has 0 saturated carbocycles. The highest BCUT2D eigenvalue weighted by molar-refractivity contribution is 5.95. The SMILES string of the molecule is O=C(NCCOc1ccc(OC(F)(F)F)cc1)c1cc([N+](=O)[O-])cc([N+](=O)[O-])c1. The number of benzene rings is 2. The van der Waals surface area contributed by atoms with Crippen molar-refractivity contribution in [2.75, 3.05) is 13.2 Å². The van der Waals surface area contributed by atoms with Crippen LogP contribution in [0.3, 0.4) is 0 Å². The number of nitro benzene ring substituents is 2. The lowest BCUT2D eigenvalue weighted by Gasteiger charge is -2.10. The zero-order valence-corrected chi connectivity index (χ0v) is 14.3. The molecule has 2 aromatic rings. The third-order valence-electron chi connectivity index (χ3n) is 3.30. The van der Waals surface area contributed by atoms with E-state index in [-0.39, 0.29) is 24.5 Å². The van der Waals surface area contributed by atoms with Crippen molar-refractivity contribution in [3.8, 4) is 11.5 Å². The number of halogens is 3. The number of nitro groups is 2. The van der Waals surface area contributed by atoms with Crippen LogP contribution in [0, 0.1) is 20.2 Å². The van der Waals surface area contributed by atoms with Gasteiger partial charge in [-0.2, -0.15) is 0 Å². The van der Waals surface area contributed by atoms with E-state index in [0.717, 1.165) is 30.3 Å². The van der Waals surface area contributed by atoms with Crippen molar-refractivity contribution >= 4 is 17.3 Å². The summed E-state index contributed by atoms with van der Waals surface area (Å²) in [5.74, 6) is -1.01. The number of carbonyl (C=O) groups is 1. The second-order valence-corrected chi connectivity index (χ2v) is 5.38. The van der Waals surface area contributed by atoms with Crippen molar-refractivity contribution < 1.29 is 37.3 Å². The number of rotatable bonds is 8. The van der Waals surface area contributed by atoms with Gasteiger partial charge >= 0.3 is 6.36 Å². The molecule has 0 aromatic heterocycles. The predicted molar refractivity (Wildman–Crippen MR) is 90.7 cm³/mol. The summed E-state index contributed by atoms with van der Waals surface area (Å²) in [6.07, 6.45) is -4.81. The number of amides is 1. The zero-order valence-electron chi connectivity index (χ0n) is 14.3. The molecule has 2 rings (SSSR count). The van der Waals surface area contributed by atoms with Gasteiger partial charge in [0.15, 0.2) is 0 Å². The van der Waals surface area contributed by atoms with Crippen molar-refractivity contribution in [1.82, 2.24) is 5.32 Å².